The van der Waals surface area contributed by atoms with E-state index in [1.165, 1.54) is 50.8 Å². The number of rotatable bonds is 8. The van der Waals surface area contributed by atoms with Crippen LogP contribution in [0.2, 0.25) is 0 Å². The molecule has 0 aliphatic carbocycles. The van der Waals surface area contributed by atoms with Gasteiger partial charge >= 0.3 is 0 Å². The molecule has 7 rings (SSSR count). The van der Waals surface area contributed by atoms with Crippen molar-refractivity contribution in [3.8, 4) is 34.1 Å². The maximum absolute atomic E-state index is 13.1. The highest BCUT2D eigenvalue weighted by molar-refractivity contribution is 6.06. The van der Waals surface area contributed by atoms with Crippen molar-refractivity contribution in [2.45, 2.75) is 26.2 Å². The molecule has 0 radical (unpaired) electrons. The van der Waals surface area contributed by atoms with E-state index in [0.717, 1.165) is 25.2 Å². The SMILES string of the molecule is CCN1CC[C@]2(CCN(CCc3ccc(NC(=O)c4ccc5nc(-c6cccc(-c7cccnc7O)c6O)[nH]c5c4)cc3)C2)C1. The number of nitrogens with zero attached hydrogens (tertiary/aromatic N) is 4. The molecule has 230 valence electrons. The monoisotopic (exact) mass is 602 g/mol. The fourth-order valence-corrected chi connectivity index (χ4v) is 6.93. The van der Waals surface area contributed by atoms with E-state index in [1.54, 1.807) is 48.5 Å². The van der Waals surface area contributed by atoms with Crippen molar-refractivity contribution in [3.63, 3.8) is 0 Å². The van der Waals surface area contributed by atoms with Crippen LogP contribution in [0.4, 0.5) is 5.69 Å². The third-order valence-electron chi connectivity index (χ3n) is 9.52. The average Bonchev–Trinajstić information content (AvgIpc) is 3.79. The number of aromatic amines is 1. The standard InChI is InChI=1S/C36H38N6O3/c1-2-41-19-15-36(22-41)16-20-42(23-36)18-14-24-8-11-26(12-9-24)38-34(44)25-10-13-30-31(21-25)40-33(39-30)29-6-3-5-27(32(29)43)28-7-4-17-37-35(28)45/h3-13,17,21,43H,2,14-16,18-20,22-23H2,1H3,(H,37,45)(H,38,44)(H,39,40)/t36-/m0/s1. The van der Waals surface area contributed by atoms with Crippen molar-refractivity contribution < 1.29 is 15.0 Å². The van der Waals surface area contributed by atoms with Gasteiger partial charge in [0.2, 0.25) is 5.88 Å². The molecule has 5 aromatic rings. The Morgan fingerprint density at radius 3 is 2.47 bits per heavy atom. The number of hydrogen-bond acceptors (Lipinski definition) is 7. The number of benzene rings is 3. The zero-order chi connectivity index (χ0) is 31.0. The zero-order valence-corrected chi connectivity index (χ0v) is 25.5. The number of amides is 1. The summed E-state index contributed by atoms with van der Waals surface area (Å²) in [7, 11) is 0. The third-order valence-corrected chi connectivity index (χ3v) is 9.52. The van der Waals surface area contributed by atoms with E-state index in [1.807, 2.05) is 12.1 Å². The number of pyridine rings is 1. The molecule has 2 aliphatic rings. The Morgan fingerprint density at radius 1 is 0.933 bits per heavy atom. The van der Waals surface area contributed by atoms with E-state index in [-0.39, 0.29) is 17.5 Å². The molecule has 0 bridgehead atoms. The topological polar surface area (TPSA) is 118 Å². The highest BCUT2D eigenvalue weighted by Crippen LogP contribution is 2.41. The van der Waals surface area contributed by atoms with Crippen LogP contribution in [0, 0.1) is 5.41 Å². The predicted molar refractivity (Wildman–Crippen MR) is 176 cm³/mol. The molecule has 2 aromatic heterocycles. The Kier molecular flexibility index (Phi) is 7.73. The number of anilines is 1. The van der Waals surface area contributed by atoms with Crippen LogP contribution in [0.1, 0.15) is 35.7 Å². The lowest BCUT2D eigenvalue weighted by molar-refractivity contribution is 0.102. The van der Waals surface area contributed by atoms with Gasteiger partial charge in [0, 0.05) is 48.2 Å². The Morgan fingerprint density at radius 2 is 1.69 bits per heavy atom. The van der Waals surface area contributed by atoms with Gasteiger partial charge in [-0.1, -0.05) is 31.2 Å². The summed E-state index contributed by atoms with van der Waals surface area (Å²) in [5.41, 5.74) is 5.70. The molecule has 2 fully saturated rings. The fourth-order valence-electron chi connectivity index (χ4n) is 6.93. The Balaban J connectivity index is 0.992. The molecule has 4 heterocycles. The summed E-state index contributed by atoms with van der Waals surface area (Å²) < 4.78 is 0. The van der Waals surface area contributed by atoms with Crippen molar-refractivity contribution in [1.29, 1.82) is 0 Å². The molecule has 1 spiro atoms. The molecule has 1 atom stereocenters. The van der Waals surface area contributed by atoms with E-state index in [2.05, 4.69) is 49.1 Å². The number of likely N-dealkylation sites (tertiary alicyclic amines) is 2. The largest absolute Gasteiger partial charge is 0.507 e. The second-order valence-electron chi connectivity index (χ2n) is 12.4. The first kappa shape index (κ1) is 29.0. The van der Waals surface area contributed by atoms with Gasteiger partial charge in [-0.25, -0.2) is 9.97 Å². The molecule has 2 saturated heterocycles. The predicted octanol–water partition coefficient (Wildman–Crippen LogP) is 5.92. The van der Waals surface area contributed by atoms with Gasteiger partial charge in [-0.3, -0.25) is 4.79 Å². The Hall–Kier alpha value is -4.73. The third kappa shape index (κ3) is 5.89. The number of aromatic hydroxyl groups is 2. The number of hydrogen-bond donors (Lipinski definition) is 4. The Bertz CT molecular complexity index is 1850. The maximum Gasteiger partial charge on any atom is 0.255 e. The van der Waals surface area contributed by atoms with Gasteiger partial charge in [0.05, 0.1) is 16.6 Å². The summed E-state index contributed by atoms with van der Waals surface area (Å²) in [6.07, 6.45) is 5.13. The average molecular weight is 603 g/mol. The van der Waals surface area contributed by atoms with Crippen molar-refractivity contribution in [2.24, 2.45) is 5.41 Å². The Labute approximate surface area is 262 Å². The van der Waals surface area contributed by atoms with E-state index >= 15 is 0 Å². The summed E-state index contributed by atoms with van der Waals surface area (Å²) >= 11 is 0. The van der Waals surface area contributed by atoms with Gasteiger partial charge in [0.15, 0.2) is 0 Å². The van der Waals surface area contributed by atoms with Crippen LogP contribution in [0.15, 0.2) is 79.0 Å². The first-order chi connectivity index (χ1) is 21.9. The van der Waals surface area contributed by atoms with Gasteiger partial charge in [-0.05, 0) is 98.4 Å². The molecule has 45 heavy (non-hydrogen) atoms. The summed E-state index contributed by atoms with van der Waals surface area (Å²) in [5.74, 6) is 0.0549. The van der Waals surface area contributed by atoms with Crippen LogP contribution in [-0.4, -0.2) is 80.1 Å². The number of aromatic nitrogens is 3. The molecule has 9 heteroatoms. The number of para-hydroxylation sites is 1. The van der Waals surface area contributed by atoms with Gasteiger partial charge < -0.3 is 30.3 Å². The zero-order valence-electron chi connectivity index (χ0n) is 25.5. The quantitative estimate of drug-likeness (QED) is 0.174. The number of phenols is 1. The number of H-pyrrole nitrogens is 1. The number of nitrogens with one attached hydrogen (secondary N) is 2. The highest BCUT2D eigenvalue weighted by atomic mass is 16.3. The minimum Gasteiger partial charge on any atom is -0.507 e. The molecule has 9 nitrogen and oxygen atoms in total. The number of carbonyl (C=O) groups is 1. The summed E-state index contributed by atoms with van der Waals surface area (Å²) in [4.78, 5) is 30.1. The van der Waals surface area contributed by atoms with Gasteiger partial charge in [-0.2, -0.15) is 0 Å². The molecular weight excluding hydrogens is 564 g/mol. The molecule has 0 unspecified atom stereocenters. The maximum atomic E-state index is 13.1. The van der Waals surface area contributed by atoms with Crippen LogP contribution in [-0.2, 0) is 6.42 Å². The van der Waals surface area contributed by atoms with Crippen molar-refractivity contribution >= 4 is 22.6 Å². The van der Waals surface area contributed by atoms with E-state index < -0.39 is 0 Å². The molecule has 0 saturated carbocycles. The molecule has 1 amide bonds. The summed E-state index contributed by atoms with van der Waals surface area (Å²) in [6, 6.07) is 22.1. The molecular formula is C36H38N6O3. The van der Waals surface area contributed by atoms with E-state index in [4.69, 9.17) is 0 Å². The molecule has 3 aromatic carbocycles. The van der Waals surface area contributed by atoms with Gasteiger partial charge in [0.1, 0.15) is 11.6 Å². The summed E-state index contributed by atoms with van der Waals surface area (Å²) in [6.45, 7) is 9.39. The second-order valence-corrected chi connectivity index (χ2v) is 12.4. The van der Waals surface area contributed by atoms with Crippen LogP contribution in [0.3, 0.4) is 0 Å². The highest BCUT2D eigenvalue weighted by Gasteiger charge is 2.42. The smallest absolute Gasteiger partial charge is 0.255 e. The number of fused-ring (bicyclic) bond motifs is 1. The normalized spacial score (nSPS) is 18.7. The number of carbonyl (C=O) groups excluding carboxylic acids is 1. The summed E-state index contributed by atoms with van der Waals surface area (Å²) in [5, 5.41) is 24.3. The van der Waals surface area contributed by atoms with Crippen LogP contribution < -0.4 is 5.32 Å². The van der Waals surface area contributed by atoms with E-state index in [0.29, 0.717) is 44.5 Å². The minimum atomic E-state index is -0.210. The van der Waals surface area contributed by atoms with Crippen LogP contribution >= 0.6 is 0 Å². The van der Waals surface area contributed by atoms with Crippen molar-refractivity contribution in [1.82, 2.24) is 24.8 Å². The van der Waals surface area contributed by atoms with Crippen LogP contribution in [0.5, 0.6) is 11.6 Å². The van der Waals surface area contributed by atoms with Gasteiger partial charge in [-0.15, -0.1) is 0 Å². The lowest BCUT2D eigenvalue weighted by Gasteiger charge is -2.24. The lowest BCUT2D eigenvalue weighted by Crippen LogP contribution is -2.31. The minimum absolute atomic E-state index is 0.0252. The number of phenolic OH excluding ortho intramolecular Hbond substituents is 1. The first-order valence-corrected chi connectivity index (χ1v) is 15.7. The van der Waals surface area contributed by atoms with Crippen molar-refractivity contribution in [2.75, 3.05) is 44.6 Å². The second kappa shape index (κ2) is 12.0. The fraction of sp³-hybridized carbons (Fsp3) is 0.306. The van der Waals surface area contributed by atoms with Gasteiger partial charge in [0.25, 0.3) is 5.91 Å². The first-order valence-electron chi connectivity index (χ1n) is 15.7. The molecule has 2 aliphatic heterocycles. The van der Waals surface area contributed by atoms with E-state index in [9.17, 15) is 15.0 Å². The molecule has 4 N–H and O–H groups in total. The van der Waals surface area contributed by atoms with Crippen LogP contribution in [0.25, 0.3) is 33.5 Å². The lowest BCUT2D eigenvalue weighted by atomic mass is 9.86. The van der Waals surface area contributed by atoms with Crippen molar-refractivity contribution in [3.05, 3.63) is 90.1 Å². The number of imidazole rings is 1.